The van der Waals surface area contributed by atoms with Crippen molar-refractivity contribution in [2.45, 2.75) is 6.54 Å². The number of furan rings is 1. The number of carbonyl (C=O) groups excluding carboxylic acids is 2. The molecular weight excluding hydrogens is 398 g/mol. The summed E-state index contributed by atoms with van der Waals surface area (Å²) in [6, 6.07) is 13.8. The largest absolute Gasteiger partial charge is 0.468 e. The van der Waals surface area contributed by atoms with Crippen molar-refractivity contribution in [1.29, 1.82) is 0 Å². The predicted octanol–water partition coefficient (Wildman–Crippen LogP) is 3.27. The lowest BCUT2D eigenvalue weighted by Crippen LogP contribution is -2.22. The zero-order valence-electron chi connectivity index (χ0n) is 15.0. The molecule has 0 saturated heterocycles. The summed E-state index contributed by atoms with van der Waals surface area (Å²) in [6.07, 6.45) is 0. The first-order valence-electron chi connectivity index (χ1n) is 8.39. The minimum Gasteiger partial charge on any atom is -0.468 e. The maximum atomic E-state index is 12.5. The highest BCUT2D eigenvalue weighted by atomic mass is 32.1. The predicted molar refractivity (Wildman–Crippen MR) is 105 cm³/mol. The van der Waals surface area contributed by atoms with Crippen LogP contribution in [0.2, 0.25) is 0 Å². The number of fused-ring (bicyclic) bond motifs is 3. The van der Waals surface area contributed by atoms with Gasteiger partial charge in [-0.1, -0.05) is 41.7 Å². The third-order valence-electron chi connectivity index (χ3n) is 4.27. The average Bonchev–Trinajstić information content (AvgIpc) is 3.34. The smallest absolute Gasteiger partial charge is 0.433 e. The topological polar surface area (TPSA) is 117 Å². The van der Waals surface area contributed by atoms with Crippen molar-refractivity contribution in [3.8, 4) is 0 Å². The fourth-order valence-electron chi connectivity index (χ4n) is 2.91. The summed E-state index contributed by atoms with van der Waals surface area (Å²) in [5.41, 5.74) is 0.719. The summed E-state index contributed by atoms with van der Waals surface area (Å²) < 4.78 is 12.1. The number of carbonyl (C=O) groups is 2. The van der Waals surface area contributed by atoms with Gasteiger partial charge in [-0.15, -0.1) is 0 Å². The first-order valence-corrected chi connectivity index (χ1v) is 9.21. The third-order valence-corrected chi connectivity index (χ3v) is 5.40. The summed E-state index contributed by atoms with van der Waals surface area (Å²) >= 11 is 1.23. The van der Waals surface area contributed by atoms with Crippen molar-refractivity contribution >= 4 is 50.1 Å². The molecule has 2 aromatic heterocycles. The van der Waals surface area contributed by atoms with Crippen LogP contribution >= 0.6 is 11.3 Å². The quantitative estimate of drug-likeness (QED) is 0.289. The normalized spacial score (nSPS) is 11.8. The lowest BCUT2D eigenvalue weighted by atomic mass is 10.1. The second-order valence-corrected chi connectivity index (χ2v) is 6.97. The number of hydrogen-bond donors (Lipinski definition) is 0. The Hall–Kier alpha value is -3.79. The molecule has 0 aliphatic carbocycles. The van der Waals surface area contributed by atoms with E-state index in [-0.39, 0.29) is 17.1 Å². The molecule has 0 fully saturated rings. The number of nitro groups is 1. The molecule has 0 saturated carbocycles. The second kappa shape index (κ2) is 7.32. The van der Waals surface area contributed by atoms with E-state index in [2.05, 4.69) is 4.99 Å². The fourth-order valence-corrected chi connectivity index (χ4v) is 4.08. The van der Waals surface area contributed by atoms with E-state index in [1.54, 1.807) is 4.57 Å². The van der Waals surface area contributed by atoms with E-state index in [0.29, 0.717) is 0 Å². The van der Waals surface area contributed by atoms with Gasteiger partial charge in [0.1, 0.15) is 11.5 Å². The lowest BCUT2D eigenvalue weighted by molar-refractivity contribution is -0.402. The molecule has 146 valence electrons. The van der Waals surface area contributed by atoms with Crippen molar-refractivity contribution in [2.75, 3.05) is 7.11 Å². The Bertz CT molecular complexity index is 1350. The molecule has 0 aliphatic heterocycles. The van der Waals surface area contributed by atoms with Crippen molar-refractivity contribution in [2.24, 2.45) is 4.99 Å². The van der Waals surface area contributed by atoms with Gasteiger partial charge in [0.15, 0.2) is 4.80 Å². The Labute approximate surface area is 166 Å². The van der Waals surface area contributed by atoms with Crippen LogP contribution in [0.1, 0.15) is 10.6 Å². The molecule has 0 aliphatic rings. The zero-order chi connectivity index (χ0) is 20.5. The summed E-state index contributed by atoms with van der Waals surface area (Å²) in [5, 5.41) is 12.7. The molecule has 0 unspecified atom stereocenters. The summed E-state index contributed by atoms with van der Waals surface area (Å²) in [4.78, 5) is 38.7. The van der Waals surface area contributed by atoms with Crippen LogP contribution in [0.25, 0.3) is 21.0 Å². The van der Waals surface area contributed by atoms with Crippen LogP contribution in [0, 0.1) is 10.1 Å². The number of nitrogens with zero attached hydrogens (tertiary/aromatic N) is 3. The number of hydrogen-bond acceptors (Lipinski definition) is 7. The van der Waals surface area contributed by atoms with Gasteiger partial charge in [-0.25, -0.2) is 0 Å². The molecule has 2 aromatic carbocycles. The maximum absolute atomic E-state index is 12.5. The van der Waals surface area contributed by atoms with Gasteiger partial charge < -0.3 is 13.7 Å². The van der Waals surface area contributed by atoms with Crippen molar-refractivity contribution in [1.82, 2.24) is 4.57 Å². The molecular formula is C19H13N3O6S. The van der Waals surface area contributed by atoms with E-state index in [1.807, 2.05) is 36.4 Å². The average molecular weight is 411 g/mol. The molecule has 0 bridgehead atoms. The lowest BCUT2D eigenvalue weighted by Gasteiger charge is -2.04. The molecule has 4 rings (SSSR count). The molecule has 10 heteroatoms. The molecule has 4 aromatic rings. The van der Waals surface area contributed by atoms with Crippen molar-refractivity contribution < 1.29 is 23.7 Å². The van der Waals surface area contributed by atoms with Gasteiger partial charge >= 0.3 is 17.8 Å². The number of esters is 1. The van der Waals surface area contributed by atoms with Gasteiger partial charge in [0.05, 0.1) is 23.4 Å². The molecule has 1 amide bonds. The number of ether oxygens (including phenoxy) is 1. The van der Waals surface area contributed by atoms with Gasteiger partial charge in [-0.05, 0) is 17.5 Å². The highest BCUT2D eigenvalue weighted by Crippen LogP contribution is 2.27. The van der Waals surface area contributed by atoms with Crippen LogP contribution in [0.4, 0.5) is 5.88 Å². The minimum atomic E-state index is -0.785. The SMILES string of the molecule is COC(=O)Cn1c(=NC(=O)c2ccc([N+](=O)[O-])o2)sc2c3ccccc3ccc21. The molecule has 2 heterocycles. The van der Waals surface area contributed by atoms with E-state index in [1.165, 1.54) is 24.5 Å². The first kappa shape index (κ1) is 18.6. The first-order chi connectivity index (χ1) is 14.0. The minimum absolute atomic E-state index is 0.140. The molecule has 9 nitrogen and oxygen atoms in total. The number of methoxy groups -OCH3 is 1. The van der Waals surface area contributed by atoms with E-state index in [9.17, 15) is 19.7 Å². The fraction of sp³-hybridized carbons (Fsp3) is 0.105. The Kier molecular flexibility index (Phi) is 4.69. The molecule has 0 radical (unpaired) electrons. The summed E-state index contributed by atoms with van der Waals surface area (Å²) in [7, 11) is 1.27. The maximum Gasteiger partial charge on any atom is 0.433 e. The second-order valence-electron chi connectivity index (χ2n) is 5.99. The zero-order valence-corrected chi connectivity index (χ0v) is 15.8. The molecule has 0 spiro atoms. The van der Waals surface area contributed by atoms with E-state index in [0.717, 1.165) is 27.1 Å². The van der Waals surface area contributed by atoms with Crippen LogP contribution in [-0.4, -0.2) is 28.5 Å². The number of thiazole rings is 1. The number of benzene rings is 2. The highest BCUT2D eigenvalue weighted by molar-refractivity contribution is 7.17. The van der Waals surface area contributed by atoms with Gasteiger partial charge in [0.2, 0.25) is 5.76 Å². The Balaban J connectivity index is 1.91. The number of amides is 1. The molecule has 0 atom stereocenters. The van der Waals surface area contributed by atoms with E-state index in [4.69, 9.17) is 9.15 Å². The van der Waals surface area contributed by atoms with Crippen LogP contribution in [0.3, 0.4) is 0 Å². The Morgan fingerprint density at radius 2 is 2.00 bits per heavy atom. The van der Waals surface area contributed by atoms with E-state index < -0.39 is 22.7 Å². The Morgan fingerprint density at radius 1 is 1.21 bits per heavy atom. The third kappa shape index (κ3) is 3.41. The highest BCUT2D eigenvalue weighted by Gasteiger charge is 2.18. The number of rotatable bonds is 4. The van der Waals surface area contributed by atoms with Gasteiger partial charge in [0.25, 0.3) is 0 Å². The Morgan fingerprint density at radius 3 is 2.72 bits per heavy atom. The van der Waals surface area contributed by atoms with Gasteiger partial charge in [-0.2, -0.15) is 4.99 Å². The van der Waals surface area contributed by atoms with Crippen LogP contribution in [0.5, 0.6) is 0 Å². The monoisotopic (exact) mass is 411 g/mol. The summed E-state index contributed by atoms with van der Waals surface area (Å²) in [5.74, 6) is -2.09. The van der Waals surface area contributed by atoms with Crippen molar-refractivity contribution in [3.05, 3.63) is 69.2 Å². The van der Waals surface area contributed by atoms with Crippen LogP contribution < -0.4 is 4.80 Å². The molecule has 29 heavy (non-hydrogen) atoms. The molecule has 0 N–H and O–H groups in total. The van der Waals surface area contributed by atoms with Crippen LogP contribution in [0.15, 0.2) is 57.9 Å². The standard InChI is InChI=1S/C19H13N3O6S/c1-27-16(23)10-21-13-7-6-11-4-2-3-5-12(11)17(13)29-19(21)20-18(24)14-8-9-15(28-14)22(25)26/h2-9H,10H2,1H3. The van der Waals surface area contributed by atoms with E-state index >= 15 is 0 Å². The van der Waals surface area contributed by atoms with Gasteiger partial charge in [0, 0.05) is 5.39 Å². The van der Waals surface area contributed by atoms with Gasteiger partial charge in [-0.3, -0.25) is 19.7 Å². The van der Waals surface area contributed by atoms with Crippen molar-refractivity contribution in [3.63, 3.8) is 0 Å². The van der Waals surface area contributed by atoms with Crippen LogP contribution in [-0.2, 0) is 16.1 Å². The number of aromatic nitrogens is 1. The summed E-state index contributed by atoms with van der Waals surface area (Å²) in [6.45, 7) is -0.140.